The summed E-state index contributed by atoms with van der Waals surface area (Å²) in [6, 6.07) is 19.4. The summed E-state index contributed by atoms with van der Waals surface area (Å²) < 4.78 is 0. The van der Waals surface area contributed by atoms with Gasteiger partial charge in [0, 0.05) is 23.1 Å². The molecule has 3 N–H and O–H groups in total. The van der Waals surface area contributed by atoms with Gasteiger partial charge in [-0.15, -0.1) is 0 Å². The summed E-state index contributed by atoms with van der Waals surface area (Å²) in [6.07, 6.45) is 2.20. The molecule has 2 aromatic carbocycles. The lowest BCUT2D eigenvalue weighted by molar-refractivity contribution is -0.111. The summed E-state index contributed by atoms with van der Waals surface area (Å²) in [6.45, 7) is 3.95. The van der Waals surface area contributed by atoms with Crippen LogP contribution in [0.2, 0.25) is 0 Å². The van der Waals surface area contributed by atoms with Crippen molar-refractivity contribution in [1.82, 2.24) is 9.97 Å². The summed E-state index contributed by atoms with van der Waals surface area (Å²) in [7, 11) is 0. The monoisotopic (exact) mass is 358 g/mol. The Morgan fingerprint density at radius 2 is 1.78 bits per heavy atom. The standard InChI is InChI=1S/C22H22N4O/c1-3-16-9-11-18(12-10-16)25-22(27)19(14-23)21-24-15(2)13-20(26-21)17-7-5-4-6-8-17/h4-14H,3,23H2,1-2H3,(H,25,27). The van der Waals surface area contributed by atoms with Gasteiger partial charge in [-0.3, -0.25) is 4.79 Å². The van der Waals surface area contributed by atoms with Gasteiger partial charge < -0.3 is 11.1 Å². The molecule has 5 heteroatoms. The fourth-order valence-electron chi connectivity index (χ4n) is 2.72. The number of amides is 1. The minimum Gasteiger partial charge on any atom is -0.404 e. The Balaban J connectivity index is 1.88. The first-order valence-corrected chi connectivity index (χ1v) is 8.84. The van der Waals surface area contributed by atoms with Crippen molar-refractivity contribution < 1.29 is 4.79 Å². The number of nitrogens with two attached hydrogens (primary N) is 1. The lowest BCUT2D eigenvalue weighted by Crippen LogP contribution is -2.17. The average molecular weight is 358 g/mol. The van der Waals surface area contributed by atoms with E-state index in [0.29, 0.717) is 11.5 Å². The molecule has 0 fully saturated rings. The highest BCUT2D eigenvalue weighted by atomic mass is 16.1. The van der Waals surface area contributed by atoms with Crippen LogP contribution < -0.4 is 11.1 Å². The predicted octanol–water partition coefficient (Wildman–Crippen LogP) is 3.95. The Morgan fingerprint density at radius 1 is 1.07 bits per heavy atom. The summed E-state index contributed by atoms with van der Waals surface area (Å²) >= 11 is 0. The van der Waals surface area contributed by atoms with Crippen LogP contribution in [0.25, 0.3) is 16.8 Å². The number of aryl methyl sites for hydroxylation is 2. The molecule has 0 aliphatic heterocycles. The van der Waals surface area contributed by atoms with Gasteiger partial charge in [-0.05, 0) is 37.1 Å². The molecule has 3 aromatic rings. The number of anilines is 1. The van der Waals surface area contributed by atoms with Gasteiger partial charge in [0.25, 0.3) is 5.91 Å². The summed E-state index contributed by atoms with van der Waals surface area (Å²) in [4.78, 5) is 21.7. The van der Waals surface area contributed by atoms with Crippen LogP contribution >= 0.6 is 0 Å². The molecule has 5 nitrogen and oxygen atoms in total. The van der Waals surface area contributed by atoms with E-state index in [2.05, 4.69) is 22.2 Å². The highest BCUT2D eigenvalue weighted by Crippen LogP contribution is 2.21. The molecule has 3 rings (SSSR count). The van der Waals surface area contributed by atoms with Crippen LogP contribution in [0, 0.1) is 6.92 Å². The number of nitrogens with one attached hydrogen (secondary N) is 1. The Morgan fingerprint density at radius 3 is 2.41 bits per heavy atom. The van der Waals surface area contributed by atoms with Gasteiger partial charge >= 0.3 is 0 Å². The fraction of sp³-hybridized carbons (Fsp3) is 0.136. The first-order chi connectivity index (χ1) is 13.1. The van der Waals surface area contributed by atoms with Crippen molar-refractivity contribution in [1.29, 1.82) is 0 Å². The Hall–Kier alpha value is -3.47. The SMILES string of the molecule is CCc1ccc(NC(=O)C(=CN)c2nc(C)cc(-c3ccccc3)n2)cc1. The number of hydrogen-bond acceptors (Lipinski definition) is 4. The molecule has 0 saturated carbocycles. The Bertz CT molecular complexity index is 963. The van der Waals surface area contributed by atoms with E-state index in [1.807, 2.05) is 67.6 Å². The first kappa shape index (κ1) is 18.3. The van der Waals surface area contributed by atoms with Crippen LogP contribution in [0.3, 0.4) is 0 Å². The Kier molecular flexibility index (Phi) is 5.61. The average Bonchev–Trinajstić information content (AvgIpc) is 2.69. The van der Waals surface area contributed by atoms with E-state index in [-0.39, 0.29) is 11.5 Å². The summed E-state index contributed by atoms with van der Waals surface area (Å²) in [5.41, 5.74) is 10.3. The maximum atomic E-state index is 12.7. The van der Waals surface area contributed by atoms with E-state index in [4.69, 9.17) is 5.73 Å². The van der Waals surface area contributed by atoms with Crippen molar-refractivity contribution in [3.05, 3.63) is 83.9 Å². The van der Waals surface area contributed by atoms with Crippen molar-refractivity contribution in [2.24, 2.45) is 5.73 Å². The molecule has 0 aliphatic carbocycles. The van der Waals surface area contributed by atoms with Crippen LogP contribution in [0.4, 0.5) is 5.69 Å². The van der Waals surface area contributed by atoms with Crippen LogP contribution in [-0.2, 0) is 11.2 Å². The van der Waals surface area contributed by atoms with Gasteiger partial charge in [0.2, 0.25) is 0 Å². The molecule has 1 heterocycles. The van der Waals surface area contributed by atoms with E-state index in [9.17, 15) is 4.79 Å². The van der Waals surface area contributed by atoms with Crippen molar-refractivity contribution in [3.8, 4) is 11.3 Å². The van der Waals surface area contributed by atoms with Gasteiger partial charge in [-0.1, -0.05) is 49.4 Å². The van der Waals surface area contributed by atoms with E-state index >= 15 is 0 Å². The maximum absolute atomic E-state index is 12.7. The lowest BCUT2D eigenvalue weighted by Gasteiger charge is -2.10. The molecular formula is C22H22N4O. The number of carbonyl (C=O) groups is 1. The number of benzene rings is 2. The number of hydrogen-bond donors (Lipinski definition) is 2. The molecule has 1 amide bonds. The molecule has 0 saturated heterocycles. The van der Waals surface area contributed by atoms with Gasteiger partial charge in [0.15, 0.2) is 5.82 Å². The molecule has 0 spiro atoms. The second-order valence-corrected chi connectivity index (χ2v) is 6.17. The van der Waals surface area contributed by atoms with Crippen LogP contribution in [0.1, 0.15) is 24.0 Å². The topological polar surface area (TPSA) is 80.9 Å². The number of aromatic nitrogens is 2. The third-order valence-corrected chi connectivity index (χ3v) is 4.20. The zero-order valence-corrected chi connectivity index (χ0v) is 15.4. The normalized spacial score (nSPS) is 11.3. The van der Waals surface area contributed by atoms with Crippen LogP contribution in [0.5, 0.6) is 0 Å². The number of carbonyl (C=O) groups excluding carboxylic acids is 1. The summed E-state index contributed by atoms with van der Waals surface area (Å²) in [5.74, 6) is -0.0367. The van der Waals surface area contributed by atoms with Gasteiger partial charge in [-0.25, -0.2) is 9.97 Å². The van der Waals surface area contributed by atoms with Gasteiger partial charge in [0.1, 0.15) is 0 Å². The highest BCUT2D eigenvalue weighted by Gasteiger charge is 2.16. The molecule has 0 aliphatic rings. The predicted molar refractivity (Wildman–Crippen MR) is 109 cm³/mol. The Labute approximate surface area is 159 Å². The van der Waals surface area contributed by atoms with Gasteiger partial charge in [0.05, 0.1) is 11.3 Å². The third kappa shape index (κ3) is 4.39. The quantitative estimate of drug-likeness (QED) is 0.677. The van der Waals surface area contributed by atoms with E-state index in [0.717, 1.165) is 23.4 Å². The largest absolute Gasteiger partial charge is 0.404 e. The minimum atomic E-state index is -0.341. The lowest BCUT2D eigenvalue weighted by atomic mass is 10.1. The first-order valence-electron chi connectivity index (χ1n) is 8.84. The third-order valence-electron chi connectivity index (χ3n) is 4.20. The van der Waals surface area contributed by atoms with E-state index in [1.165, 1.54) is 11.8 Å². The molecule has 136 valence electrons. The second-order valence-electron chi connectivity index (χ2n) is 6.17. The smallest absolute Gasteiger partial charge is 0.260 e. The zero-order chi connectivity index (χ0) is 19.2. The molecule has 0 atom stereocenters. The van der Waals surface area contributed by atoms with Crippen molar-refractivity contribution in [2.75, 3.05) is 5.32 Å². The molecular weight excluding hydrogens is 336 g/mol. The van der Waals surface area contributed by atoms with Gasteiger partial charge in [-0.2, -0.15) is 0 Å². The van der Waals surface area contributed by atoms with E-state index in [1.54, 1.807) is 0 Å². The van der Waals surface area contributed by atoms with Crippen molar-refractivity contribution in [3.63, 3.8) is 0 Å². The molecule has 0 unspecified atom stereocenters. The number of rotatable bonds is 5. The zero-order valence-electron chi connectivity index (χ0n) is 15.4. The van der Waals surface area contributed by atoms with E-state index < -0.39 is 0 Å². The van der Waals surface area contributed by atoms with Crippen LogP contribution in [-0.4, -0.2) is 15.9 Å². The van der Waals surface area contributed by atoms with Crippen molar-refractivity contribution in [2.45, 2.75) is 20.3 Å². The number of nitrogens with zero attached hydrogens (tertiary/aromatic N) is 2. The molecule has 27 heavy (non-hydrogen) atoms. The maximum Gasteiger partial charge on any atom is 0.260 e. The molecule has 1 aromatic heterocycles. The second kappa shape index (κ2) is 8.27. The van der Waals surface area contributed by atoms with Crippen LogP contribution in [0.15, 0.2) is 66.9 Å². The molecule has 0 radical (unpaired) electrons. The minimum absolute atomic E-state index is 0.232. The fourth-order valence-corrected chi connectivity index (χ4v) is 2.72. The summed E-state index contributed by atoms with van der Waals surface area (Å²) in [5, 5.41) is 2.85. The molecule has 0 bridgehead atoms. The highest BCUT2D eigenvalue weighted by molar-refractivity contribution is 6.24. The van der Waals surface area contributed by atoms with Crippen molar-refractivity contribution >= 4 is 17.2 Å².